The van der Waals surface area contributed by atoms with Crippen LogP contribution in [0.1, 0.15) is 10.7 Å². The van der Waals surface area contributed by atoms with Gasteiger partial charge >= 0.3 is 6.03 Å². The normalized spacial score (nSPS) is 10.1. The number of hydrogen-bond donors (Lipinski definition) is 3. The summed E-state index contributed by atoms with van der Waals surface area (Å²) in [6, 6.07) is -0.269. The van der Waals surface area contributed by atoms with E-state index < -0.39 is 0 Å². The van der Waals surface area contributed by atoms with Crippen LogP contribution in [-0.2, 0) is 6.54 Å². The first-order valence-corrected chi connectivity index (χ1v) is 5.56. The molecule has 2 rings (SSSR count). The number of amides is 2. The number of aromatic nitrogens is 3. The lowest BCUT2D eigenvalue weighted by Gasteiger charge is -2.03. The number of H-pyrrole nitrogens is 1. The van der Waals surface area contributed by atoms with Crippen molar-refractivity contribution in [2.75, 3.05) is 5.32 Å². The largest absolute Gasteiger partial charge is 0.331 e. The van der Waals surface area contributed by atoms with Gasteiger partial charge in [0.1, 0.15) is 5.01 Å². The molecule has 0 aliphatic carbocycles. The molecule has 0 fully saturated rings. The van der Waals surface area contributed by atoms with Crippen LogP contribution in [0.15, 0.2) is 17.8 Å². The number of aryl methyl sites for hydroxylation is 1. The summed E-state index contributed by atoms with van der Waals surface area (Å²) in [7, 11) is 0. The fraction of sp³-hybridized carbons (Fsp3) is 0.222. The summed E-state index contributed by atoms with van der Waals surface area (Å²) in [5.41, 5.74) is 1.60. The maximum atomic E-state index is 11.4. The molecular weight excluding hydrogens is 226 g/mol. The lowest BCUT2D eigenvalue weighted by molar-refractivity contribution is 0.251. The SMILES string of the molecule is Cc1csc(CNC(=O)Nc2cn[nH]c2)n1. The zero-order chi connectivity index (χ0) is 11.4. The van der Waals surface area contributed by atoms with Crippen molar-refractivity contribution in [3.05, 3.63) is 28.5 Å². The summed E-state index contributed by atoms with van der Waals surface area (Å²) in [5.74, 6) is 0. The minimum absolute atomic E-state index is 0.269. The van der Waals surface area contributed by atoms with E-state index >= 15 is 0 Å². The first-order valence-electron chi connectivity index (χ1n) is 4.68. The van der Waals surface area contributed by atoms with Crippen LogP contribution in [0.4, 0.5) is 10.5 Å². The third-order valence-corrected chi connectivity index (χ3v) is 2.79. The molecule has 2 heterocycles. The van der Waals surface area contributed by atoms with Gasteiger partial charge in [0.25, 0.3) is 0 Å². The Kier molecular flexibility index (Phi) is 3.16. The maximum Gasteiger partial charge on any atom is 0.319 e. The van der Waals surface area contributed by atoms with E-state index in [1.807, 2.05) is 12.3 Å². The molecule has 0 spiro atoms. The third kappa shape index (κ3) is 2.80. The van der Waals surface area contributed by atoms with Gasteiger partial charge in [0.2, 0.25) is 0 Å². The Morgan fingerprint density at radius 3 is 3.12 bits per heavy atom. The number of aromatic amines is 1. The van der Waals surface area contributed by atoms with Crippen molar-refractivity contribution in [3.63, 3.8) is 0 Å². The highest BCUT2D eigenvalue weighted by Gasteiger charge is 2.03. The highest BCUT2D eigenvalue weighted by Crippen LogP contribution is 2.08. The van der Waals surface area contributed by atoms with E-state index in [1.165, 1.54) is 17.5 Å². The number of anilines is 1. The van der Waals surface area contributed by atoms with Crippen molar-refractivity contribution in [2.45, 2.75) is 13.5 Å². The van der Waals surface area contributed by atoms with Gasteiger partial charge in [-0.2, -0.15) is 5.10 Å². The van der Waals surface area contributed by atoms with Crippen LogP contribution >= 0.6 is 11.3 Å². The monoisotopic (exact) mass is 237 g/mol. The second-order valence-electron chi connectivity index (χ2n) is 3.18. The minimum Gasteiger partial charge on any atom is -0.331 e. The van der Waals surface area contributed by atoms with Gasteiger partial charge in [-0.25, -0.2) is 9.78 Å². The third-order valence-electron chi connectivity index (χ3n) is 1.82. The molecule has 2 aromatic heterocycles. The van der Waals surface area contributed by atoms with Gasteiger partial charge in [-0.05, 0) is 6.92 Å². The molecule has 6 nitrogen and oxygen atoms in total. The summed E-state index contributed by atoms with van der Waals surface area (Å²) in [4.78, 5) is 15.6. The zero-order valence-electron chi connectivity index (χ0n) is 8.65. The molecule has 7 heteroatoms. The average Bonchev–Trinajstić information content (AvgIpc) is 2.87. The Labute approximate surface area is 96.1 Å². The van der Waals surface area contributed by atoms with Crippen molar-refractivity contribution in [1.29, 1.82) is 0 Å². The predicted octanol–water partition coefficient (Wildman–Crippen LogP) is 1.50. The highest BCUT2D eigenvalue weighted by atomic mass is 32.1. The Balaban J connectivity index is 1.80. The van der Waals surface area contributed by atoms with Gasteiger partial charge in [0.05, 0.1) is 18.4 Å². The van der Waals surface area contributed by atoms with Crippen LogP contribution in [0.3, 0.4) is 0 Å². The topological polar surface area (TPSA) is 82.7 Å². The molecule has 2 aromatic rings. The quantitative estimate of drug-likeness (QED) is 0.756. The first-order chi connectivity index (χ1) is 7.74. The number of carbonyl (C=O) groups is 1. The van der Waals surface area contributed by atoms with Crippen LogP contribution in [0, 0.1) is 6.92 Å². The molecule has 0 atom stereocenters. The van der Waals surface area contributed by atoms with Gasteiger partial charge in [-0.15, -0.1) is 11.3 Å². The van der Waals surface area contributed by atoms with E-state index in [4.69, 9.17) is 0 Å². The molecule has 3 N–H and O–H groups in total. The van der Waals surface area contributed by atoms with Gasteiger partial charge in [0, 0.05) is 17.3 Å². The maximum absolute atomic E-state index is 11.4. The van der Waals surface area contributed by atoms with E-state index in [-0.39, 0.29) is 6.03 Å². The molecule has 0 radical (unpaired) electrons. The molecule has 16 heavy (non-hydrogen) atoms. The number of carbonyl (C=O) groups excluding carboxylic acids is 1. The van der Waals surface area contributed by atoms with E-state index in [0.29, 0.717) is 12.2 Å². The summed E-state index contributed by atoms with van der Waals surface area (Å²) in [6.07, 6.45) is 3.14. The van der Waals surface area contributed by atoms with Gasteiger partial charge in [-0.1, -0.05) is 0 Å². The minimum atomic E-state index is -0.269. The van der Waals surface area contributed by atoms with Gasteiger partial charge < -0.3 is 10.6 Å². The van der Waals surface area contributed by atoms with Crippen LogP contribution in [0.2, 0.25) is 0 Å². The number of rotatable bonds is 3. The molecule has 0 bridgehead atoms. The highest BCUT2D eigenvalue weighted by molar-refractivity contribution is 7.09. The number of urea groups is 1. The number of nitrogens with zero attached hydrogens (tertiary/aromatic N) is 2. The lowest BCUT2D eigenvalue weighted by Crippen LogP contribution is -2.27. The van der Waals surface area contributed by atoms with Crippen molar-refractivity contribution in [1.82, 2.24) is 20.5 Å². The van der Waals surface area contributed by atoms with Gasteiger partial charge in [0.15, 0.2) is 0 Å². The molecule has 0 saturated carbocycles. The molecule has 0 saturated heterocycles. The number of thiazole rings is 1. The Morgan fingerprint density at radius 2 is 2.50 bits per heavy atom. The molecule has 0 aliphatic heterocycles. The second kappa shape index (κ2) is 4.75. The lowest BCUT2D eigenvalue weighted by atomic mass is 10.5. The fourth-order valence-corrected chi connectivity index (χ4v) is 1.85. The Hall–Kier alpha value is -1.89. The summed E-state index contributed by atoms with van der Waals surface area (Å²) >= 11 is 1.53. The van der Waals surface area contributed by atoms with E-state index in [0.717, 1.165) is 10.7 Å². The van der Waals surface area contributed by atoms with Crippen molar-refractivity contribution in [3.8, 4) is 0 Å². The summed E-state index contributed by atoms with van der Waals surface area (Å²) < 4.78 is 0. The standard InChI is InChI=1S/C9H11N5OS/c1-6-5-16-8(13-6)4-10-9(15)14-7-2-11-12-3-7/h2-3,5H,4H2,1H3,(H,11,12)(H2,10,14,15). The van der Waals surface area contributed by atoms with Crippen LogP contribution in [0.25, 0.3) is 0 Å². The first kappa shape index (κ1) is 10.6. The Bertz CT molecular complexity index is 464. The van der Waals surface area contributed by atoms with E-state index in [2.05, 4.69) is 25.8 Å². The van der Waals surface area contributed by atoms with Gasteiger partial charge in [-0.3, -0.25) is 5.10 Å². The summed E-state index contributed by atoms with van der Waals surface area (Å²) in [5, 5.41) is 14.5. The van der Waals surface area contributed by atoms with Crippen LogP contribution in [0.5, 0.6) is 0 Å². The molecule has 0 unspecified atom stereocenters. The number of hydrogen-bond acceptors (Lipinski definition) is 4. The smallest absolute Gasteiger partial charge is 0.319 e. The molecular formula is C9H11N5OS. The molecule has 2 amide bonds. The van der Waals surface area contributed by atoms with E-state index in [1.54, 1.807) is 6.20 Å². The molecule has 0 aromatic carbocycles. The van der Waals surface area contributed by atoms with Crippen LogP contribution < -0.4 is 10.6 Å². The fourth-order valence-electron chi connectivity index (χ4n) is 1.13. The number of nitrogens with one attached hydrogen (secondary N) is 3. The predicted molar refractivity (Wildman–Crippen MR) is 61.3 cm³/mol. The second-order valence-corrected chi connectivity index (χ2v) is 4.12. The zero-order valence-corrected chi connectivity index (χ0v) is 9.47. The van der Waals surface area contributed by atoms with Crippen molar-refractivity contribution in [2.24, 2.45) is 0 Å². The van der Waals surface area contributed by atoms with Crippen LogP contribution in [-0.4, -0.2) is 21.2 Å². The molecule has 84 valence electrons. The Morgan fingerprint density at radius 1 is 1.62 bits per heavy atom. The average molecular weight is 237 g/mol. The van der Waals surface area contributed by atoms with E-state index in [9.17, 15) is 4.79 Å². The summed E-state index contributed by atoms with van der Waals surface area (Å²) in [6.45, 7) is 2.35. The van der Waals surface area contributed by atoms with Crippen molar-refractivity contribution < 1.29 is 4.79 Å². The molecule has 0 aliphatic rings. The van der Waals surface area contributed by atoms with Crippen molar-refractivity contribution >= 4 is 23.1 Å².